The standard InChI is InChI=1S/C9H13N4O2P/c1-6-2-4-7(5-3-6)8(16(14)15)12-13-9(10)11/h2-5,8,12H,1H3,(H4-,10,11,13,14,15)/p+1/t8-/m0/s1. The van der Waals surface area contributed by atoms with Crippen molar-refractivity contribution >= 4 is 14.0 Å². The van der Waals surface area contributed by atoms with Gasteiger partial charge >= 0.3 is 8.03 Å². The van der Waals surface area contributed by atoms with Gasteiger partial charge < -0.3 is 11.5 Å². The Morgan fingerprint density at radius 3 is 2.44 bits per heavy atom. The van der Waals surface area contributed by atoms with Crippen molar-refractivity contribution in [2.24, 2.45) is 16.6 Å². The summed E-state index contributed by atoms with van der Waals surface area (Å²) >= 11 is 0. The van der Waals surface area contributed by atoms with Crippen molar-refractivity contribution in [3.05, 3.63) is 35.4 Å². The predicted octanol–water partition coefficient (Wildman–Crippen LogP) is 0.506. The second kappa shape index (κ2) is 5.44. The third kappa shape index (κ3) is 3.49. The van der Waals surface area contributed by atoms with E-state index in [9.17, 15) is 4.57 Å². The van der Waals surface area contributed by atoms with Crippen LogP contribution in [-0.4, -0.2) is 10.9 Å². The van der Waals surface area contributed by atoms with Gasteiger partial charge in [0.25, 0.3) is 5.78 Å². The summed E-state index contributed by atoms with van der Waals surface area (Å²) in [5, 5.41) is 3.52. The molecule has 0 bridgehead atoms. The lowest BCUT2D eigenvalue weighted by Gasteiger charge is -2.05. The van der Waals surface area contributed by atoms with Crippen LogP contribution in [0.5, 0.6) is 0 Å². The average molecular weight is 241 g/mol. The molecule has 6 nitrogen and oxygen atoms in total. The zero-order valence-electron chi connectivity index (χ0n) is 8.79. The van der Waals surface area contributed by atoms with E-state index in [1.807, 2.05) is 19.1 Å². The molecular formula is C9H14N4O2P+. The molecular weight excluding hydrogens is 227 g/mol. The number of nitrogens with two attached hydrogens (primary N) is 2. The summed E-state index contributed by atoms with van der Waals surface area (Å²) in [6, 6.07) is 7.19. The van der Waals surface area contributed by atoms with Crippen molar-refractivity contribution < 1.29 is 9.46 Å². The third-order valence-electron chi connectivity index (χ3n) is 1.93. The van der Waals surface area contributed by atoms with Gasteiger partial charge in [-0.2, -0.15) is 4.89 Å². The number of hydrogen-bond donors (Lipinski definition) is 4. The SMILES string of the molecule is Cc1ccc([C@@H](NN=C(N)N)[P+](=O)O)cc1. The lowest BCUT2D eigenvalue weighted by molar-refractivity contribution is 0.477. The summed E-state index contributed by atoms with van der Waals surface area (Å²) in [6.45, 7) is 1.93. The molecule has 0 amide bonds. The van der Waals surface area contributed by atoms with E-state index in [0.717, 1.165) is 5.56 Å². The highest BCUT2D eigenvalue weighted by Gasteiger charge is 2.30. The number of hydrazone groups is 1. The Kier molecular flexibility index (Phi) is 4.22. The first-order valence-electron chi connectivity index (χ1n) is 4.56. The van der Waals surface area contributed by atoms with Crippen LogP contribution in [0.2, 0.25) is 0 Å². The largest absolute Gasteiger partial charge is 0.537 e. The van der Waals surface area contributed by atoms with Crippen LogP contribution in [0.25, 0.3) is 0 Å². The van der Waals surface area contributed by atoms with Crippen molar-refractivity contribution in [1.29, 1.82) is 0 Å². The number of rotatable bonds is 4. The fourth-order valence-electron chi connectivity index (χ4n) is 1.14. The minimum atomic E-state index is -2.46. The van der Waals surface area contributed by atoms with Crippen molar-refractivity contribution in [3.8, 4) is 0 Å². The Balaban J connectivity index is 2.90. The van der Waals surface area contributed by atoms with Gasteiger partial charge in [-0.1, -0.05) is 29.8 Å². The molecule has 86 valence electrons. The molecule has 0 heterocycles. The zero-order valence-corrected chi connectivity index (χ0v) is 9.69. The first-order chi connectivity index (χ1) is 7.50. The van der Waals surface area contributed by atoms with Gasteiger partial charge in [0.15, 0.2) is 0 Å². The molecule has 0 saturated heterocycles. The maximum Gasteiger partial charge on any atom is 0.537 e. The maximum atomic E-state index is 11.1. The second-order valence-electron chi connectivity index (χ2n) is 3.28. The lowest BCUT2D eigenvalue weighted by Crippen LogP contribution is -2.27. The van der Waals surface area contributed by atoms with Crippen LogP contribution in [0.15, 0.2) is 29.4 Å². The second-order valence-corrected chi connectivity index (χ2v) is 4.40. The molecule has 0 fully saturated rings. The molecule has 7 heteroatoms. The third-order valence-corrected chi connectivity index (χ3v) is 2.79. The van der Waals surface area contributed by atoms with Crippen molar-refractivity contribution in [2.75, 3.05) is 0 Å². The van der Waals surface area contributed by atoms with E-state index in [4.69, 9.17) is 16.4 Å². The maximum absolute atomic E-state index is 11.1. The van der Waals surface area contributed by atoms with Crippen LogP contribution in [0.4, 0.5) is 0 Å². The van der Waals surface area contributed by atoms with Crippen LogP contribution in [0, 0.1) is 6.92 Å². The van der Waals surface area contributed by atoms with Gasteiger partial charge in [0, 0.05) is 5.56 Å². The fourth-order valence-corrected chi connectivity index (χ4v) is 1.72. The predicted molar refractivity (Wildman–Crippen MR) is 62.7 cm³/mol. The minimum Gasteiger partial charge on any atom is -0.369 e. The highest BCUT2D eigenvalue weighted by molar-refractivity contribution is 7.38. The first-order valence-corrected chi connectivity index (χ1v) is 5.85. The van der Waals surface area contributed by atoms with E-state index in [1.165, 1.54) is 0 Å². The summed E-state index contributed by atoms with van der Waals surface area (Å²) in [4.78, 5) is 9.14. The van der Waals surface area contributed by atoms with Crippen molar-refractivity contribution in [2.45, 2.75) is 12.7 Å². The van der Waals surface area contributed by atoms with Crippen LogP contribution < -0.4 is 16.9 Å². The number of hydrogen-bond acceptors (Lipinski definition) is 3. The molecule has 16 heavy (non-hydrogen) atoms. The van der Waals surface area contributed by atoms with Gasteiger partial charge in [-0.25, -0.2) is 0 Å². The van der Waals surface area contributed by atoms with E-state index in [0.29, 0.717) is 5.56 Å². The Morgan fingerprint density at radius 2 is 2.00 bits per heavy atom. The summed E-state index contributed by atoms with van der Waals surface area (Å²) < 4.78 is 11.1. The number of benzene rings is 1. The summed E-state index contributed by atoms with van der Waals surface area (Å²) in [5.74, 6) is -0.994. The molecule has 0 aliphatic carbocycles. The molecule has 1 aromatic rings. The van der Waals surface area contributed by atoms with Crippen LogP contribution in [-0.2, 0) is 4.57 Å². The lowest BCUT2D eigenvalue weighted by atomic mass is 10.1. The van der Waals surface area contributed by atoms with Crippen molar-refractivity contribution in [1.82, 2.24) is 5.43 Å². The Hall–Kier alpha value is -1.65. The monoisotopic (exact) mass is 241 g/mol. The summed E-state index contributed by atoms with van der Waals surface area (Å²) in [5.41, 5.74) is 14.4. The zero-order chi connectivity index (χ0) is 12.1. The normalized spacial score (nSPS) is 12.8. The highest BCUT2D eigenvalue weighted by Crippen LogP contribution is 2.34. The van der Waals surface area contributed by atoms with Gasteiger partial charge in [0.2, 0.25) is 5.96 Å². The number of aryl methyl sites for hydroxylation is 1. The summed E-state index contributed by atoms with van der Waals surface area (Å²) in [7, 11) is -2.46. The van der Waals surface area contributed by atoms with Crippen LogP contribution >= 0.6 is 8.03 Å². The molecule has 0 aliphatic heterocycles. The highest BCUT2D eigenvalue weighted by atomic mass is 31.1. The molecule has 2 atom stereocenters. The van der Waals surface area contributed by atoms with Gasteiger partial charge in [0.05, 0.1) is 0 Å². The van der Waals surface area contributed by atoms with Crippen molar-refractivity contribution in [3.63, 3.8) is 0 Å². The number of nitrogens with zero attached hydrogens (tertiary/aromatic N) is 1. The molecule has 0 aliphatic rings. The molecule has 1 unspecified atom stereocenters. The molecule has 0 aromatic heterocycles. The number of nitrogens with one attached hydrogen (secondary N) is 1. The molecule has 0 radical (unpaired) electrons. The van der Waals surface area contributed by atoms with E-state index in [-0.39, 0.29) is 5.96 Å². The summed E-state index contributed by atoms with van der Waals surface area (Å²) in [6.07, 6.45) is 0. The molecule has 0 spiro atoms. The molecule has 0 saturated carbocycles. The van der Waals surface area contributed by atoms with E-state index < -0.39 is 13.8 Å². The van der Waals surface area contributed by atoms with E-state index in [2.05, 4.69) is 10.5 Å². The first kappa shape index (κ1) is 12.4. The fraction of sp³-hybridized carbons (Fsp3) is 0.222. The Morgan fingerprint density at radius 1 is 1.44 bits per heavy atom. The van der Waals surface area contributed by atoms with Gasteiger partial charge in [-0.05, 0) is 11.5 Å². The van der Waals surface area contributed by atoms with Gasteiger partial charge in [-0.3, -0.25) is 5.43 Å². The number of guanidine groups is 1. The topological polar surface area (TPSA) is 114 Å². The Labute approximate surface area is 94.2 Å². The van der Waals surface area contributed by atoms with Crippen LogP contribution in [0.1, 0.15) is 16.9 Å². The van der Waals surface area contributed by atoms with Gasteiger partial charge in [0.1, 0.15) is 0 Å². The van der Waals surface area contributed by atoms with E-state index in [1.54, 1.807) is 12.1 Å². The smallest absolute Gasteiger partial charge is 0.369 e. The molecule has 1 aromatic carbocycles. The Bertz CT molecular complexity index is 400. The minimum absolute atomic E-state index is 0.186. The van der Waals surface area contributed by atoms with Crippen LogP contribution in [0.3, 0.4) is 0 Å². The quantitative estimate of drug-likeness (QED) is 0.265. The molecule has 1 rings (SSSR count). The van der Waals surface area contributed by atoms with Gasteiger partial charge in [-0.15, -0.1) is 5.10 Å². The average Bonchev–Trinajstić information content (AvgIpc) is 2.20. The molecule has 6 N–H and O–H groups in total. The van der Waals surface area contributed by atoms with E-state index >= 15 is 0 Å².